The van der Waals surface area contributed by atoms with Gasteiger partial charge in [0.2, 0.25) is 11.2 Å². The van der Waals surface area contributed by atoms with Gasteiger partial charge in [0.05, 0.1) is 11.1 Å². The largest absolute Gasteiger partial charge is 0.508 e. The zero-order valence-electron chi connectivity index (χ0n) is 13.4. The van der Waals surface area contributed by atoms with E-state index in [9.17, 15) is 24.8 Å². The van der Waals surface area contributed by atoms with E-state index >= 15 is 0 Å². The molecule has 0 atom stereocenters. The summed E-state index contributed by atoms with van der Waals surface area (Å²) in [6, 6.07) is 8.10. The lowest BCUT2D eigenvalue weighted by Crippen LogP contribution is -2.11. The van der Waals surface area contributed by atoms with Crippen molar-refractivity contribution in [1.82, 2.24) is 0 Å². The first kappa shape index (κ1) is 17.9. The minimum absolute atomic E-state index is 0.0340. The topological polar surface area (TPSA) is 146 Å². The van der Waals surface area contributed by atoms with Crippen LogP contribution in [0, 0.1) is 0 Å². The van der Waals surface area contributed by atoms with Crippen LogP contribution in [0.5, 0.6) is 17.2 Å². The molecular weight excluding hydrogens is 361 g/mol. The number of fused-ring (bicyclic) bond motifs is 1. The van der Waals surface area contributed by atoms with Gasteiger partial charge < -0.3 is 34.9 Å². The summed E-state index contributed by atoms with van der Waals surface area (Å²) in [5.41, 5.74) is 5.60. The molecule has 6 N–H and O–H groups in total. The maximum Gasteiger partial charge on any atom is 0.235 e. The SMILES string of the molecule is C=P(O)(O)COc1c(-c2ccc(O)c(N)c2)oc2cc(O)ccc2c1=O. The molecule has 0 saturated carbocycles. The molecule has 0 bridgehead atoms. The van der Waals surface area contributed by atoms with Crippen LogP contribution in [0.4, 0.5) is 5.69 Å². The van der Waals surface area contributed by atoms with Crippen molar-refractivity contribution in [3.8, 4) is 28.6 Å². The molecule has 0 unspecified atom stereocenters. The third kappa shape index (κ3) is 3.52. The van der Waals surface area contributed by atoms with E-state index in [0.29, 0.717) is 5.56 Å². The number of ether oxygens (including phenoxy) is 1. The normalized spacial score (nSPS) is 11.6. The lowest BCUT2D eigenvalue weighted by molar-refractivity contribution is 0.337. The lowest BCUT2D eigenvalue weighted by Gasteiger charge is -2.15. The Kier molecular flexibility index (Phi) is 4.41. The molecule has 0 aliphatic heterocycles. The molecule has 1 heterocycles. The summed E-state index contributed by atoms with van der Waals surface area (Å²) in [5, 5.41) is 19.3. The van der Waals surface area contributed by atoms with Crippen LogP contribution < -0.4 is 15.9 Å². The fraction of sp³-hybridized carbons (Fsp3) is 0.0588. The maximum atomic E-state index is 12.8. The van der Waals surface area contributed by atoms with Gasteiger partial charge >= 0.3 is 0 Å². The number of hydrogen-bond acceptors (Lipinski definition) is 8. The Morgan fingerprint density at radius 1 is 1.15 bits per heavy atom. The van der Waals surface area contributed by atoms with Gasteiger partial charge in [-0.1, -0.05) is 0 Å². The van der Waals surface area contributed by atoms with E-state index in [1.165, 1.54) is 36.4 Å². The highest BCUT2D eigenvalue weighted by Gasteiger charge is 2.20. The van der Waals surface area contributed by atoms with Crippen LogP contribution in [0.3, 0.4) is 0 Å². The van der Waals surface area contributed by atoms with Crippen molar-refractivity contribution in [2.45, 2.75) is 0 Å². The fourth-order valence-electron chi connectivity index (χ4n) is 2.35. The zero-order valence-corrected chi connectivity index (χ0v) is 14.3. The molecule has 0 aliphatic rings. The van der Waals surface area contributed by atoms with Gasteiger partial charge in [-0.05, 0) is 36.6 Å². The van der Waals surface area contributed by atoms with E-state index in [1.54, 1.807) is 0 Å². The van der Waals surface area contributed by atoms with Crippen LogP contribution in [-0.2, 0) is 0 Å². The Morgan fingerprint density at radius 2 is 1.88 bits per heavy atom. The van der Waals surface area contributed by atoms with Crippen molar-refractivity contribution in [2.24, 2.45) is 0 Å². The smallest absolute Gasteiger partial charge is 0.235 e. The molecule has 2 aromatic carbocycles. The van der Waals surface area contributed by atoms with Crippen LogP contribution in [-0.4, -0.2) is 32.6 Å². The van der Waals surface area contributed by atoms with Crippen molar-refractivity contribution in [2.75, 3.05) is 12.1 Å². The number of hydrogen-bond donors (Lipinski definition) is 5. The minimum Gasteiger partial charge on any atom is -0.508 e. The monoisotopic (exact) mass is 377 g/mol. The van der Waals surface area contributed by atoms with Crippen molar-refractivity contribution < 1.29 is 29.2 Å². The Hall–Kier alpha value is -2.93. The molecule has 8 nitrogen and oxygen atoms in total. The number of aromatic hydroxyl groups is 2. The molecule has 3 aromatic rings. The summed E-state index contributed by atoms with van der Waals surface area (Å²) in [7, 11) is -3.56. The molecule has 1 aromatic heterocycles. The van der Waals surface area contributed by atoms with Crippen LogP contribution >= 0.6 is 7.34 Å². The zero-order chi connectivity index (χ0) is 19.1. The van der Waals surface area contributed by atoms with Gasteiger partial charge in [-0.15, -0.1) is 0 Å². The van der Waals surface area contributed by atoms with Gasteiger partial charge in [0.1, 0.15) is 24.4 Å². The quantitative estimate of drug-likeness (QED) is 0.264. The molecule has 0 amide bonds. The molecule has 3 rings (SSSR count). The molecule has 136 valence electrons. The first-order valence-corrected chi connectivity index (χ1v) is 9.41. The fourth-order valence-corrected chi connectivity index (χ4v) is 2.69. The minimum atomic E-state index is -3.56. The first-order valence-electron chi connectivity index (χ1n) is 7.35. The summed E-state index contributed by atoms with van der Waals surface area (Å²) >= 11 is 0. The average molecular weight is 377 g/mol. The van der Waals surface area contributed by atoms with Crippen LogP contribution in [0.15, 0.2) is 45.6 Å². The Balaban J connectivity index is 2.28. The van der Waals surface area contributed by atoms with Gasteiger partial charge in [0.15, 0.2) is 12.1 Å². The second-order valence-corrected chi connectivity index (χ2v) is 7.71. The molecule has 0 spiro atoms. The van der Waals surface area contributed by atoms with Crippen molar-refractivity contribution in [3.05, 3.63) is 46.6 Å². The van der Waals surface area contributed by atoms with Gasteiger partial charge in [0, 0.05) is 11.6 Å². The summed E-state index contributed by atoms with van der Waals surface area (Å²) < 4.78 is 11.0. The van der Waals surface area contributed by atoms with Crippen molar-refractivity contribution in [1.29, 1.82) is 0 Å². The number of anilines is 1. The number of rotatable bonds is 4. The molecule has 26 heavy (non-hydrogen) atoms. The second-order valence-electron chi connectivity index (χ2n) is 5.70. The van der Waals surface area contributed by atoms with Crippen LogP contribution in [0.2, 0.25) is 0 Å². The molecule has 0 aliphatic carbocycles. The van der Waals surface area contributed by atoms with E-state index in [0.717, 1.165) is 0 Å². The number of benzene rings is 2. The molecule has 0 fully saturated rings. The number of phenols is 2. The summed E-state index contributed by atoms with van der Waals surface area (Å²) in [4.78, 5) is 31.7. The maximum absolute atomic E-state index is 12.8. The lowest BCUT2D eigenvalue weighted by atomic mass is 10.1. The van der Waals surface area contributed by atoms with Crippen LogP contribution in [0.25, 0.3) is 22.3 Å². The number of phenolic OH excluding ortho intramolecular Hbond substituents is 2. The van der Waals surface area contributed by atoms with E-state index < -0.39 is 19.1 Å². The highest BCUT2D eigenvalue weighted by Crippen LogP contribution is 2.38. The summed E-state index contributed by atoms with van der Waals surface area (Å²) in [5.74, 6) is -0.540. The van der Waals surface area contributed by atoms with E-state index in [1.807, 2.05) is 0 Å². The Morgan fingerprint density at radius 3 is 2.54 bits per heavy atom. The predicted octanol–water partition coefficient (Wildman–Crippen LogP) is 2.05. The van der Waals surface area contributed by atoms with Gasteiger partial charge in [-0.3, -0.25) is 4.79 Å². The molecule has 9 heteroatoms. The molecular formula is C17H16NO7P. The summed E-state index contributed by atoms with van der Waals surface area (Å²) in [6.45, 7) is 0. The third-order valence-corrected chi connectivity index (χ3v) is 4.08. The summed E-state index contributed by atoms with van der Waals surface area (Å²) in [6.07, 6.45) is 2.61. The first-order chi connectivity index (χ1) is 12.2. The molecule has 0 radical (unpaired) electrons. The Bertz CT molecular complexity index is 1100. The van der Waals surface area contributed by atoms with Crippen molar-refractivity contribution in [3.63, 3.8) is 0 Å². The van der Waals surface area contributed by atoms with Gasteiger partial charge in [0.25, 0.3) is 0 Å². The van der Waals surface area contributed by atoms with Gasteiger partial charge in [-0.2, -0.15) is 0 Å². The highest BCUT2D eigenvalue weighted by molar-refractivity contribution is 7.62. The van der Waals surface area contributed by atoms with E-state index in [2.05, 4.69) is 6.30 Å². The van der Waals surface area contributed by atoms with E-state index in [4.69, 9.17) is 14.9 Å². The average Bonchev–Trinajstić information content (AvgIpc) is 2.55. The number of nitrogens with two attached hydrogens (primary N) is 1. The Labute approximate surface area is 147 Å². The number of nitrogen functional groups attached to an aromatic ring is 1. The third-order valence-electron chi connectivity index (χ3n) is 3.54. The van der Waals surface area contributed by atoms with Crippen LogP contribution in [0.1, 0.15) is 0 Å². The second kappa shape index (κ2) is 6.42. The molecule has 0 saturated heterocycles. The highest BCUT2D eigenvalue weighted by atomic mass is 31.2. The standard InChI is InChI=1S/C17H16NO7P/c1-26(22,23)8-24-17-15(21)11-4-3-10(19)7-14(11)25-16(17)9-2-5-13(20)12(18)6-9/h2-7,19-20,22-23H,1,8,18H2. The van der Waals surface area contributed by atoms with Gasteiger partial charge in [-0.25, -0.2) is 0 Å². The van der Waals surface area contributed by atoms with E-state index in [-0.39, 0.29) is 39.7 Å². The predicted molar refractivity (Wildman–Crippen MR) is 99.6 cm³/mol. The van der Waals surface area contributed by atoms with Crippen molar-refractivity contribution >= 4 is 30.3 Å².